The zero-order valence-electron chi connectivity index (χ0n) is 10.7. The average molecular weight is 272 g/mol. The van der Waals surface area contributed by atoms with Gasteiger partial charge in [-0.15, -0.1) is 0 Å². The molecule has 0 bridgehead atoms. The van der Waals surface area contributed by atoms with E-state index in [1.165, 1.54) is 35.3 Å². The Kier molecular flexibility index (Phi) is 4.64. The van der Waals surface area contributed by atoms with Crippen molar-refractivity contribution in [1.82, 2.24) is 9.55 Å². The van der Waals surface area contributed by atoms with Crippen LogP contribution < -0.4 is 5.56 Å². The minimum atomic E-state index is -0.388. The summed E-state index contributed by atoms with van der Waals surface area (Å²) >= 11 is 0. The Morgan fingerprint density at radius 1 is 1.35 bits per heavy atom. The molecule has 0 radical (unpaired) electrons. The van der Waals surface area contributed by atoms with Crippen LogP contribution in [0.3, 0.4) is 0 Å². The van der Waals surface area contributed by atoms with E-state index in [0.29, 0.717) is 12.0 Å². The van der Waals surface area contributed by atoms with Gasteiger partial charge in [0.25, 0.3) is 5.56 Å². The number of benzene rings is 1. The Balaban J connectivity index is 2.35. The van der Waals surface area contributed by atoms with Crippen molar-refractivity contribution in [3.05, 3.63) is 64.1 Å². The number of hydrogen-bond acceptors (Lipinski definition) is 3. The molecule has 0 aliphatic carbocycles. The summed E-state index contributed by atoms with van der Waals surface area (Å²) in [5, 5.41) is 8.71. The molecule has 0 amide bonds. The van der Waals surface area contributed by atoms with Crippen LogP contribution in [0.15, 0.2) is 41.6 Å². The van der Waals surface area contributed by atoms with E-state index in [4.69, 9.17) is 5.11 Å². The van der Waals surface area contributed by atoms with Crippen LogP contribution in [0, 0.1) is 17.7 Å². The van der Waals surface area contributed by atoms with Gasteiger partial charge < -0.3 is 5.11 Å². The maximum atomic E-state index is 13.3. The first-order valence-electron chi connectivity index (χ1n) is 6.09. The quantitative estimate of drug-likeness (QED) is 0.853. The standard InChI is InChI=1S/C15H13FN2O2/c16-14-5-4-13(12(9-14)3-1-2-8-19)10-18-11-17-7-6-15(18)20/h4-7,9,11,19H,2,8,10H2. The second-order valence-electron chi connectivity index (χ2n) is 4.12. The molecule has 0 aliphatic rings. The third kappa shape index (κ3) is 3.53. The second kappa shape index (κ2) is 6.64. The fraction of sp³-hybridized carbons (Fsp3) is 0.200. The number of rotatable bonds is 3. The highest BCUT2D eigenvalue weighted by Gasteiger charge is 2.04. The molecule has 0 spiro atoms. The van der Waals surface area contributed by atoms with Crippen LogP contribution in [0.4, 0.5) is 4.39 Å². The molecule has 1 heterocycles. The van der Waals surface area contributed by atoms with Gasteiger partial charge >= 0.3 is 0 Å². The number of aliphatic hydroxyl groups excluding tert-OH is 1. The molecule has 102 valence electrons. The van der Waals surface area contributed by atoms with Crippen LogP contribution in [-0.2, 0) is 6.54 Å². The van der Waals surface area contributed by atoms with Gasteiger partial charge in [-0.3, -0.25) is 9.36 Å². The van der Waals surface area contributed by atoms with Gasteiger partial charge in [0.1, 0.15) is 5.82 Å². The Bertz CT molecular complexity index is 714. The van der Waals surface area contributed by atoms with Crippen molar-refractivity contribution in [3.63, 3.8) is 0 Å². The minimum absolute atomic E-state index is 0.0420. The lowest BCUT2D eigenvalue weighted by Gasteiger charge is -2.07. The van der Waals surface area contributed by atoms with Crippen LogP contribution in [-0.4, -0.2) is 21.3 Å². The SMILES string of the molecule is O=c1ccncn1Cc1ccc(F)cc1C#CCCO. The van der Waals surface area contributed by atoms with E-state index < -0.39 is 0 Å². The van der Waals surface area contributed by atoms with Crippen LogP contribution in [0.2, 0.25) is 0 Å². The fourth-order valence-electron chi connectivity index (χ4n) is 1.70. The van der Waals surface area contributed by atoms with Gasteiger partial charge in [-0.05, 0) is 17.7 Å². The molecular weight excluding hydrogens is 259 g/mol. The molecule has 2 rings (SSSR count). The minimum Gasteiger partial charge on any atom is -0.395 e. The van der Waals surface area contributed by atoms with Crippen molar-refractivity contribution in [2.75, 3.05) is 6.61 Å². The van der Waals surface area contributed by atoms with Crippen LogP contribution in [0.5, 0.6) is 0 Å². The van der Waals surface area contributed by atoms with E-state index in [0.717, 1.165) is 5.56 Å². The van der Waals surface area contributed by atoms with Crippen molar-refractivity contribution >= 4 is 0 Å². The van der Waals surface area contributed by atoms with Crippen LogP contribution >= 0.6 is 0 Å². The molecule has 20 heavy (non-hydrogen) atoms. The summed E-state index contributed by atoms with van der Waals surface area (Å²) < 4.78 is 14.7. The molecule has 4 nitrogen and oxygen atoms in total. The highest BCUT2D eigenvalue weighted by atomic mass is 19.1. The lowest BCUT2D eigenvalue weighted by Crippen LogP contribution is -2.19. The smallest absolute Gasteiger partial charge is 0.253 e. The van der Waals surface area contributed by atoms with Crippen LogP contribution in [0.1, 0.15) is 17.5 Å². The van der Waals surface area contributed by atoms with Crippen molar-refractivity contribution in [2.45, 2.75) is 13.0 Å². The molecule has 0 fully saturated rings. The summed E-state index contributed by atoms with van der Waals surface area (Å²) in [4.78, 5) is 15.5. The van der Waals surface area contributed by atoms with E-state index in [1.54, 1.807) is 6.07 Å². The first kappa shape index (κ1) is 14.0. The fourth-order valence-corrected chi connectivity index (χ4v) is 1.70. The number of aliphatic hydroxyl groups is 1. The van der Waals surface area contributed by atoms with Crippen molar-refractivity contribution in [1.29, 1.82) is 0 Å². The Morgan fingerprint density at radius 2 is 2.20 bits per heavy atom. The molecule has 0 aliphatic heterocycles. The molecule has 1 aromatic heterocycles. The number of nitrogens with zero attached hydrogens (tertiary/aromatic N) is 2. The highest BCUT2D eigenvalue weighted by Crippen LogP contribution is 2.11. The topological polar surface area (TPSA) is 55.1 Å². The molecule has 1 N–H and O–H groups in total. The van der Waals surface area contributed by atoms with E-state index in [9.17, 15) is 9.18 Å². The Labute approximate surface area is 115 Å². The zero-order valence-corrected chi connectivity index (χ0v) is 10.7. The largest absolute Gasteiger partial charge is 0.395 e. The third-order valence-electron chi connectivity index (χ3n) is 2.66. The third-order valence-corrected chi connectivity index (χ3v) is 2.66. The normalized spacial score (nSPS) is 9.90. The van der Waals surface area contributed by atoms with Crippen molar-refractivity contribution < 1.29 is 9.50 Å². The predicted octanol–water partition coefficient (Wildman–Crippen LogP) is 1.16. The zero-order chi connectivity index (χ0) is 14.4. The summed E-state index contributed by atoms with van der Waals surface area (Å²) in [5.41, 5.74) is 1.06. The molecule has 5 heteroatoms. The first-order valence-corrected chi connectivity index (χ1v) is 6.09. The van der Waals surface area contributed by atoms with Crippen molar-refractivity contribution in [3.8, 4) is 11.8 Å². The summed E-state index contributed by atoms with van der Waals surface area (Å²) in [5.74, 6) is 5.17. The molecule has 2 aromatic rings. The lowest BCUT2D eigenvalue weighted by molar-refractivity contribution is 0.305. The van der Waals surface area contributed by atoms with Gasteiger partial charge in [0.05, 0.1) is 19.5 Å². The van der Waals surface area contributed by atoms with E-state index in [-0.39, 0.29) is 24.5 Å². The average Bonchev–Trinajstić information content (AvgIpc) is 2.44. The number of aromatic nitrogens is 2. The second-order valence-corrected chi connectivity index (χ2v) is 4.12. The molecule has 1 aromatic carbocycles. The maximum absolute atomic E-state index is 13.3. The van der Waals surface area contributed by atoms with Gasteiger partial charge in [0, 0.05) is 24.2 Å². The predicted molar refractivity (Wildman–Crippen MR) is 72.6 cm³/mol. The van der Waals surface area contributed by atoms with Crippen LogP contribution in [0.25, 0.3) is 0 Å². The summed E-state index contributed by atoms with van der Waals surface area (Å²) in [6.45, 7) is 0.232. The molecule has 0 saturated carbocycles. The first-order chi connectivity index (χ1) is 9.70. The van der Waals surface area contributed by atoms with E-state index in [1.807, 2.05) is 0 Å². The Hall–Kier alpha value is -2.45. The molecular formula is C15H13FN2O2. The maximum Gasteiger partial charge on any atom is 0.253 e. The van der Waals surface area contributed by atoms with E-state index in [2.05, 4.69) is 16.8 Å². The molecule has 0 unspecified atom stereocenters. The lowest BCUT2D eigenvalue weighted by atomic mass is 10.1. The summed E-state index contributed by atoms with van der Waals surface area (Å²) in [7, 11) is 0. The Morgan fingerprint density at radius 3 is 2.95 bits per heavy atom. The van der Waals surface area contributed by atoms with Gasteiger partial charge in [0.15, 0.2) is 0 Å². The van der Waals surface area contributed by atoms with Crippen molar-refractivity contribution in [2.24, 2.45) is 0 Å². The van der Waals surface area contributed by atoms with Gasteiger partial charge in [0.2, 0.25) is 0 Å². The highest BCUT2D eigenvalue weighted by molar-refractivity contribution is 5.41. The van der Waals surface area contributed by atoms with E-state index >= 15 is 0 Å². The number of halogens is 1. The number of hydrogen-bond donors (Lipinski definition) is 1. The van der Waals surface area contributed by atoms with Gasteiger partial charge in [-0.2, -0.15) is 0 Å². The summed E-state index contributed by atoms with van der Waals surface area (Å²) in [6, 6.07) is 5.60. The van der Waals surface area contributed by atoms with Gasteiger partial charge in [-0.1, -0.05) is 17.9 Å². The molecule has 0 saturated heterocycles. The molecule has 0 atom stereocenters. The van der Waals surface area contributed by atoms with Gasteiger partial charge in [-0.25, -0.2) is 9.37 Å². The summed E-state index contributed by atoms with van der Waals surface area (Å²) in [6.07, 6.45) is 3.17. The monoisotopic (exact) mass is 272 g/mol.